The number of carboxylic acids is 1. The lowest BCUT2D eigenvalue weighted by molar-refractivity contribution is -0.138. The monoisotopic (exact) mass is 385 g/mol. The van der Waals surface area contributed by atoms with Gasteiger partial charge in [-0.25, -0.2) is 0 Å². The van der Waals surface area contributed by atoms with Crippen molar-refractivity contribution >= 4 is 29.2 Å². The molecule has 2 aromatic carbocycles. The van der Waals surface area contributed by atoms with Gasteiger partial charge in [-0.2, -0.15) is 0 Å². The third-order valence-electron chi connectivity index (χ3n) is 3.67. The fraction of sp³-hybridized carbons (Fsp3) is 0.250. The summed E-state index contributed by atoms with van der Waals surface area (Å²) in [6.07, 6.45) is 0. The first-order chi connectivity index (χ1) is 13.4. The van der Waals surface area contributed by atoms with Crippen LogP contribution in [-0.2, 0) is 9.59 Å². The molecule has 0 spiro atoms. The molecule has 0 unspecified atom stereocenters. The fourth-order valence-electron chi connectivity index (χ4n) is 2.44. The van der Waals surface area contributed by atoms with Gasteiger partial charge in [-0.3, -0.25) is 19.3 Å². The molecule has 2 rings (SSSR count). The normalized spacial score (nSPS) is 10.4. The summed E-state index contributed by atoms with van der Waals surface area (Å²) in [6, 6.07) is 13.5. The van der Waals surface area contributed by atoms with Crippen molar-refractivity contribution in [3.05, 3.63) is 54.1 Å². The first kappa shape index (κ1) is 20.9. The molecule has 0 saturated carbocycles. The average Bonchev–Trinajstić information content (AvgIpc) is 2.63. The van der Waals surface area contributed by atoms with Gasteiger partial charge >= 0.3 is 5.97 Å². The maximum Gasteiger partial charge on any atom is 0.317 e. The molecule has 148 valence electrons. The minimum Gasteiger partial charge on any atom is -0.494 e. The number of anilines is 2. The fourth-order valence-corrected chi connectivity index (χ4v) is 2.44. The number of aliphatic carboxylic acids is 1. The Hall–Kier alpha value is -3.39. The van der Waals surface area contributed by atoms with E-state index >= 15 is 0 Å². The Morgan fingerprint density at radius 2 is 1.50 bits per heavy atom. The van der Waals surface area contributed by atoms with Gasteiger partial charge in [-0.1, -0.05) is 0 Å². The molecular weight excluding hydrogens is 362 g/mol. The van der Waals surface area contributed by atoms with Crippen molar-refractivity contribution in [2.24, 2.45) is 0 Å². The van der Waals surface area contributed by atoms with Gasteiger partial charge < -0.3 is 20.5 Å². The van der Waals surface area contributed by atoms with Crippen molar-refractivity contribution in [2.45, 2.75) is 6.92 Å². The maximum atomic E-state index is 12.3. The first-order valence-corrected chi connectivity index (χ1v) is 8.72. The van der Waals surface area contributed by atoms with Crippen molar-refractivity contribution in [3.63, 3.8) is 0 Å². The molecule has 0 aliphatic heterocycles. The van der Waals surface area contributed by atoms with Gasteiger partial charge in [0.2, 0.25) is 5.91 Å². The number of hydrogen-bond donors (Lipinski definition) is 3. The summed E-state index contributed by atoms with van der Waals surface area (Å²) in [5, 5.41) is 14.1. The van der Waals surface area contributed by atoms with Crippen LogP contribution < -0.4 is 15.4 Å². The Morgan fingerprint density at radius 1 is 0.929 bits per heavy atom. The molecule has 8 heteroatoms. The standard InChI is InChI=1S/C20H23N3O5/c1-3-28-17-10-8-16(9-11-17)22-20(27)14-4-6-15(7-5-14)21-18(24)12-23(2)13-19(25)26/h4-11H,3,12-13H2,1-2H3,(H,21,24)(H,22,27)(H,25,26). The van der Waals surface area contributed by atoms with Gasteiger partial charge in [0, 0.05) is 16.9 Å². The predicted octanol–water partition coefficient (Wildman–Crippen LogP) is 2.29. The van der Waals surface area contributed by atoms with Crippen LogP contribution in [0.3, 0.4) is 0 Å². The zero-order chi connectivity index (χ0) is 20.5. The number of carboxylic acid groups (broad SMARTS) is 1. The van der Waals surface area contributed by atoms with Gasteiger partial charge in [0.25, 0.3) is 5.91 Å². The number of hydrogen-bond acceptors (Lipinski definition) is 5. The van der Waals surface area contributed by atoms with Crippen LogP contribution >= 0.6 is 0 Å². The van der Waals surface area contributed by atoms with Crippen molar-refractivity contribution in [3.8, 4) is 5.75 Å². The number of rotatable bonds is 9. The van der Waals surface area contributed by atoms with E-state index in [1.807, 2.05) is 6.92 Å². The van der Waals surface area contributed by atoms with E-state index < -0.39 is 5.97 Å². The van der Waals surface area contributed by atoms with E-state index in [0.29, 0.717) is 23.5 Å². The number of benzene rings is 2. The molecule has 0 bridgehead atoms. The lowest BCUT2D eigenvalue weighted by Gasteiger charge is -2.13. The highest BCUT2D eigenvalue weighted by Gasteiger charge is 2.11. The Labute approximate surface area is 163 Å². The third kappa shape index (κ3) is 6.73. The summed E-state index contributed by atoms with van der Waals surface area (Å²) in [5.41, 5.74) is 1.61. The van der Waals surface area contributed by atoms with Crippen LogP contribution in [-0.4, -0.2) is 54.5 Å². The Kier molecular flexibility index (Phi) is 7.53. The predicted molar refractivity (Wildman–Crippen MR) is 106 cm³/mol. The molecule has 2 amide bonds. The number of ether oxygens (including phenoxy) is 1. The minimum absolute atomic E-state index is 0.0493. The van der Waals surface area contributed by atoms with Crippen LogP contribution in [0.15, 0.2) is 48.5 Å². The van der Waals surface area contributed by atoms with Crippen LogP contribution in [0.2, 0.25) is 0 Å². The highest BCUT2D eigenvalue weighted by Crippen LogP contribution is 2.17. The molecule has 2 aromatic rings. The van der Waals surface area contributed by atoms with E-state index in [0.717, 1.165) is 5.75 Å². The second-order valence-corrected chi connectivity index (χ2v) is 6.10. The van der Waals surface area contributed by atoms with Gasteiger partial charge in [0.1, 0.15) is 5.75 Å². The van der Waals surface area contributed by atoms with Crippen molar-refractivity contribution < 1.29 is 24.2 Å². The summed E-state index contributed by atoms with van der Waals surface area (Å²) in [6.45, 7) is 2.20. The zero-order valence-corrected chi connectivity index (χ0v) is 15.8. The van der Waals surface area contributed by atoms with Crippen LogP contribution in [0.4, 0.5) is 11.4 Å². The second-order valence-electron chi connectivity index (χ2n) is 6.10. The average molecular weight is 385 g/mol. The second kappa shape index (κ2) is 10.1. The van der Waals surface area contributed by atoms with Gasteiger partial charge in [-0.15, -0.1) is 0 Å². The number of carbonyl (C=O) groups excluding carboxylic acids is 2. The van der Waals surface area contributed by atoms with Crippen LogP contribution in [0, 0.1) is 0 Å². The minimum atomic E-state index is -1.00. The van der Waals surface area contributed by atoms with Gasteiger partial charge in [0.05, 0.1) is 19.7 Å². The van der Waals surface area contributed by atoms with Gasteiger partial charge in [-0.05, 0) is 62.5 Å². The summed E-state index contributed by atoms with van der Waals surface area (Å²) >= 11 is 0. The summed E-state index contributed by atoms with van der Waals surface area (Å²) in [7, 11) is 1.54. The highest BCUT2D eigenvalue weighted by molar-refractivity contribution is 6.04. The molecule has 0 aliphatic rings. The number of amides is 2. The van der Waals surface area contributed by atoms with E-state index in [-0.39, 0.29) is 24.9 Å². The summed E-state index contributed by atoms with van der Waals surface area (Å²) in [4.78, 5) is 36.2. The molecule has 0 aromatic heterocycles. The molecule has 8 nitrogen and oxygen atoms in total. The molecule has 0 aliphatic carbocycles. The van der Waals surface area contributed by atoms with Crippen molar-refractivity contribution in [2.75, 3.05) is 37.4 Å². The lowest BCUT2D eigenvalue weighted by atomic mass is 10.2. The zero-order valence-electron chi connectivity index (χ0n) is 15.8. The highest BCUT2D eigenvalue weighted by atomic mass is 16.5. The maximum absolute atomic E-state index is 12.3. The molecule has 0 radical (unpaired) electrons. The number of carbonyl (C=O) groups is 3. The molecule has 3 N–H and O–H groups in total. The van der Waals surface area contributed by atoms with Crippen molar-refractivity contribution in [1.29, 1.82) is 0 Å². The lowest BCUT2D eigenvalue weighted by Crippen LogP contribution is -2.33. The third-order valence-corrected chi connectivity index (χ3v) is 3.67. The van der Waals surface area contributed by atoms with E-state index in [4.69, 9.17) is 9.84 Å². The molecule has 0 heterocycles. The van der Waals surface area contributed by atoms with Crippen LogP contribution in [0.5, 0.6) is 5.75 Å². The number of nitrogens with one attached hydrogen (secondary N) is 2. The number of nitrogens with zero attached hydrogens (tertiary/aromatic N) is 1. The van der Waals surface area contributed by atoms with E-state index in [1.54, 1.807) is 55.6 Å². The van der Waals surface area contributed by atoms with Crippen molar-refractivity contribution in [1.82, 2.24) is 4.90 Å². The summed E-state index contributed by atoms with van der Waals surface area (Å²) < 4.78 is 5.36. The molecule has 0 fully saturated rings. The Balaban J connectivity index is 1.89. The summed E-state index contributed by atoms with van der Waals surface area (Å²) in [5.74, 6) is -0.883. The van der Waals surface area contributed by atoms with Crippen LogP contribution in [0.1, 0.15) is 17.3 Å². The molecule has 28 heavy (non-hydrogen) atoms. The Morgan fingerprint density at radius 3 is 2.07 bits per heavy atom. The van der Waals surface area contributed by atoms with E-state index in [2.05, 4.69) is 10.6 Å². The number of likely N-dealkylation sites (N-methyl/N-ethyl adjacent to an activating group) is 1. The quantitative estimate of drug-likeness (QED) is 0.611. The SMILES string of the molecule is CCOc1ccc(NC(=O)c2ccc(NC(=O)CN(C)CC(=O)O)cc2)cc1. The topological polar surface area (TPSA) is 108 Å². The Bertz CT molecular complexity index is 819. The van der Waals surface area contributed by atoms with Gasteiger partial charge in [0.15, 0.2) is 0 Å². The van der Waals surface area contributed by atoms with E-state index in [1.165, 1.54) is 4.90 Å². The van der Waals surface area contributed by atoms with E-state index in [9.17, 15) is 14.4 Å². The molecule has 0 atom stereocenters. The molecular formula is C20H23N3O5. The largest absolute Gasteiger partial charge is 0.494 e. The first-order valence-electron chi connectivity index (χ1n) is 8.72. The van der Waals surface area contributed by atoms with Crippen LogP contribution in [0.25, 0.3) is 0 Å². The molecule has 0 saturated heterocycles. The smallest absolute Gasteiger partial charge is 0.317 e.